The van der Waals surface area contributed by atoms with Gasteiger partial charge in [0.2, 0.25) is 0 Å². The highest BCUT2D eigenvalue weighted by Crippen LogP contribution is 2.25. The zero-order valence-electron chi connectivity index (χ0n) is 16.6. The van der Waals surface area contributed by atoms with Crippen LogP contribution in [0, 0.1) is 15.9 Å². The first-order chi connectivity index (χ1) is 15.5. The molecule has 8 nitrogen and oxygen atoms in total. The van der Waals surface area contributed by atoms with Crippen LogP contribution in [0.25, 0.3) is 21.9 Å². The summed E-state index contributed by atoms with van der Waals surface area (Å²) < 4.78 is 13.9. The maximum Gasteiger partial charge on any atom is 0.270 e. The molecule has 5 rings (SSSR count). The number of halogens is 1. The van der Waals surface area contributed by atoms with Crippen molar-refractivity contribution in [1.29, 1.82) is 0 Å². The quantitative estimate of drug-likeness (QED) is 0.271. The summed E-state index contributed by atoms with van der Waals surface area (Å²) >= 11 is 0. The summed E-state index contributed by atoms with van der Waals surface area (Å²) in [6.45, 7) is 0. The van der Waals surface area contributed by atoms with Crippen LogP contribution in [-0.2, 0) is 6.42 Å². The average Bonchev–Trinajstić information content (AvgIpc) is 3.38. The number of aromatic nitrogens is 3. The van der Waals surface area contributed by atoms with Crippen LogP contribution >= 0.6 is 0 Å². The summed E-state index contributed by atoms with van der Waals surface area (Å²) in [6.07, 6.45) is 1.84. The van der Waals surface area contributed by atoms with Gasteiger partial charge in [0.05, 0.1) is 21.5 Å². The fourth-order valence-corrected chi connectivity index (χ4v) is 3.65. The Morgan fingerprint density at radius 1 is 1.09 bits per heavy atom. The van der Waals surface area contributed by atoms with Crippen LogP contribution in [0.2, 0.25) is 0 Å². The van der Waals surface area contributed by atoms with Crippen molar-refractivity contribution in [2.24, 2.45) is 0 Å². The fraction of sp³-hybridized carbons (Fsp3) is 0.0435. The Hall–Kier alpha value is -4.53. The van der Waals surface area contributed by atoms with E-state index in [-0.39, 0.29) is 11.5 Å². The monoisotopic (exact) mass is 429 g/mol. The standard InChI is InChI=1S/C23H16FN5O3/c24-18-4-2-1-3-13(18)9-22-27-20-7-5-14(10-21(20)28-22)26-23(30)17-12-25-19-8-6-15(29(31)32)11-16(17)19/h1-8,10-12,25H,9H2,(H,26,30)(H,27,28). The van der Waals surface area contributed by atoms with Gasteiger partial charge in [0.25, 0.3) is 11.6 Å². The van der Waals surface area contributed by atoms with E-state index in [1.165, 1.54) is 24.4 Å². The molecule has 5 aromatic rings. The lowest BCUT2D eigenvalue weighted by Gasteiger charge is -2.04. The number of H-pyrrole nitrogens is 2. The van der Waals surface area contributed by atoms with Gasteiger partial charge < -0.3 is 15.3 Å². The highest BCUT2D eigenvalue weighted by atomic mass is 19.1. The molecule has 0 saturated carbocycles. The highest BCUT2D eigenvalue weighted by molar-refractivity contribution is 6.13. The Labute approximate surface area is 180 Å². The van der Waals surface area contributed by atoms with Crippen molar-refractivity contribution in [2.75, 3.05) is 5.32 Å². The van der Waals surface area contributed by atoms with Gasteiger partial charge in [-0.2, -0.15) is 0 Å². The number of nitrogens with zero attached hydrogens (tertiary/aromatic N) is 2. The number of rotatable bonds is 5. The van der Waals surface area contributed by atoms with Crippen molar-refractivity contribution in [3.8, 4) is 0 Å². The number of nitrogens with one attached hydrogen (secondary N) is 3. The minimum atomic E-state index is -0.501. The van der Waals surface area contributed by atoms with Crippen molar-refractivity contribution in [3.05, 3.63) is 99.7 Å². The number of benzene rings is 3. The van der Waals surface area contributed by atoms with E-state index in [4.69, 9.17) is 0 Å². The predicted octanol–water partition coefficient (Wildman–Crippen LogP) is 4.93. The molecule has 0 spiro atoms. The van der Waals surface area contributed by atoms with E-state index < -0.39 is 10.8 Å². The SMILES string of the molecule is O=C(Nc1ccc2nc(Cc3ccccc3F)[nH]c2c1)c1c[nH]c2ccc([N+](=O)[O-])cc12. The van der Waals surface area contributed by atoms with Gasteiger partial charge >= 0.3 is 0 Å². The largest absolute Gasteiger partial charge is 0.360 e. The molecule has 3 N–H and O–H groups in total. The second-order valence-electron chi connectivity index (χ2n) is 7.33. The van der Waals surface area contributed by atoms with E-state index in [1.54, 1.807) is 42.5 Å². The second-order valence-corrected chi connectivity index (χ2v) is 7.33. The number of non-ortho nitro benzene ring substituents is 1. The molecule has 2 aromatic heterocycles. The fourth-order valence-electron chi connectivity index (χ4n) is 3.65. The minimum Gasteiger partial charge on any atom is -0.360 e. The van der Waals surface area contributed by atoms with E-state index >= 15 is 0 Å². The topological polar surface area (TPSA) is 117 Å². The van der Waals surface area contributed by atoms with Gasteiger partial charge in [0.1, 0.15) is 11.6 Å². The number of imidazole rings is 1. The minimum absolute atomic E-state index is 0.0904. The van der Waals surface area contributed by atoms with Gasteiger partial charge in [0, 0.05) is 41.3 Å². The normalized spacial score (nSPS) is 11.2. The van der Waals surface area contributed by atoms with E-state index in [9.17, 15) is 19.3 Å². The molecular formula is C23H16FN5O3. The third kappa shape index (κ3) is 3.56. The van der Waals surface area contributed by atoms with Crippen LogP contribution in [-0.4, -0.2) is 25.8 Å². The number of nitro groups is 1. The van der Waals surface area contributed by atoms with Crippen LogP contribution in [0.5, 0.6) is 0 Å². The smallest absolute Gasteiger partial charge is 0.270 e. The zero-order chi connectivity index (χ0) is 22.2. The summed E-state index contributed by atoms with van der Waals surface area (Å²) in [5, 5.41) is 14.3. The van der Waals surface area contributed by atoms with Crippen LogP contribution < -0.4 is 5.32 Å². The molecule has 0 aliphatic heterocycles. The lowest BCUT2D eigenvalue weighted by atomic mass is 10.1. The molecule has 0 radical (unpaired) electrons. The molecule has 32 heavy (non-hydrogen) atoms. The van der Waals surface area contributed by atoms with Crippen molar-refractivity contribution < 1.29 is 14.1 Å². The molecule has 0 atom stereocenters. The van der Waals surface area contributed by atoms with Crippen LogP contribution in [0.4, 0.5) is 15.8 Å². The van der Waals surface area contributed by atoms with Crippen LogP contribution in [0.1, 0.15) is 21.7 Å². The van der Waals surface area contributed by atoms with E-state index in [0.29, 0.717) is 51.0 Å². The van der Waals surface area contributed by atoms with Gasteiger partial charge in [-0.1, -0.05) is 18.2 Å². The number of anilines is 1. The molecule has 0 saturated heterocycles. The molecule has 0 bridgehead atoms. The molecule has 0 fully saturated rings. The number of carbonyl (C=O) groups excluding carboxylic acids is 1. The first-order valence-corrected chi connectivity index (χ1v) is 9.77. The molecule has 3 aromatic carbocycles. The Bertz CT molecular complexity index is 1500. The number of nitro benzene ring substituents is 1. The maximum absolute atomic E-state index is 13.9. The number of aromatic amines is 2. The number of amides is 1. The van der Waals surface area contributed by atoms with Gasteiger partial charge in [0.15, 0.2) is 0 Å². The maximum atomic E-state index is 13.9. The molecular weight excluding hydrogens is 413 g/mol. The highest BCUT2D eigenvalue weighted by Gasteiger charge is 2.16. The lowest BCUT2D eigenvalue weighted by molar-refractivity contribution is -0.384. The zero-order valence-corrected chi connectivity index (χ0v) is 16.6. The van der Waals surface area contributed by atoms with Gasteiger partial charge in [-0.05, 0) is 35.9 Å². The summed E-state index contributed by atoms with van der Waals surface area (Å²) in [6, 6.07) is 16.1. The Morgan fingerprint density at radius 3 is 2.75 bits per heavy atom. The van der Waals surface area contributed by atoms with Gasteiger partial charge in [-0.3, -0.25) is 14.9 Å². The first-order valence-electron chi connectivity index (χ1n) is 9.77. The third-order valence-corrected chi connectivity index (χ3v) is 5.23. The molecule has 1 amide bonds. The number of hydrogen-bond acceptors (Lipinski definition) is 4. The second kappa shape index (κ2) is 7.62. The van der Waals surface area contributed by atoms with Crippen molar-refractivity contribution in [2.45, 2.75) is 6.42 Å². The summed E-state index contributed by atoms with van der Waals surface area (Å²) in [4.78, 5) is 34.0. The lowest BCUT2D eigenvalue weighted by Crippen LogP contribution is -2.11. The van der Waals surface area contributed by atoms with Crippen molar-refractivity contribution in [3.63, 3.8) is 0 Å². The Balaban J connectivity index is 1.40. The van der Waals surface area contributed by atoms with Gasteiger partial charge in [-0.25, -0.2) is 9.37 Å². The van der Waals surface area contributed by atoms with E-state index in [1.807, 2.05) is 0 Å². The first kappa shape index (κ1) is 19.4. The summed E-state index contributed by atoms with van der Waals surface area (Å²) in [5.41, 5.74) is 3.29. The number of carbonyl (C=O) groups is 1. The number of hydrogen-bond donors (Lipinski definition) is 3. The Morgan fingerprint density at radius 2 is 1.94 bits per heavy atom. The van der Waals surface area contributed by atoms with E-state index in [0.717, 1.165) is 0 Å². The summed E-state index contributed by atoms with van der Waals surface area (Å²) in [7, 11) is 0. The molecule has 0 aliphatic rings. The predicted molar refractivity (Wildman–Crippen MR) is 118 cm³/mol. The number of fused-ring (bicyclic) bond motifs is 2. The molecule has 0 unspecified atom stereocenters. The molecule has 9 heteroatoms. The van der Waals surface area contributed by atoms with Crippen molar-refractivity contribution >= 4 is 39.2 Å². The molecule has 158 valence electrons. The molecule has 0 aliphatic carbocycles. The average molecular weight is 429 g/mol. The Kier molecular flexibility index (Phi) is 4.63. The van der Waals surface area contributed by atoms with Crippen LogP contribution in [0.3, 0.4) is 0 Å². The van der Waals surface area contributed by atoms with Gasteiger partial charge in [-0.15, -0.1) is 0 Å². The summed E-state index contributed by atoms with van der Waals surface area (Å²) in [5.74, 6) is -0.0837. The van der Waals surface area contributed by atoms with Crippen LogP contribution in [0.15, 0.2) is 66.9 Å². The van der Waals surface area contributed by atoms with Crippen molar-refractivity contribution in [1.82, 2.24) is 15.0 Å². The third-order valence-electron chi connectivity index (χ3n) is 5.23. The molecule has 2 heterocycles. The van der Waals surface area contributed by atoms with E-state index in [2.05, 4.69) is 20.3 Å².